The summed E-state index contributed by atoms with van der Waals surface area (Å²) in [4.78, 5) is 39.0. The second-order valence-corrected chi connectivity index (χ2v) is 8.43. The van der Waals surface area contributed by atoms with Gasteiger partial charge in [-0.2, -0.15) is 0 Å². The Morgan fingerprint density at radius 2 is 1.87 bits per heavy atom. The molecule has 0 unspecified atom stereocenters. The largest absolute Gasteiger partial charge is 0.330 e. The number of rotatable bonds is 5. The molecule has 8 nitrogen and oxygen atoms in total. The van der Waals surface area contributed by atoms with Crippen LogP contribution in [0.3, 0.4) is 0 Å². The lowest BCUT2D eigenvalue weighted by atomic mass is 10.2. The lowest BCUT2D eigenvalue weighted by Gasteiger charge is -2.08. The molecular formula is C21H20N6O2S. The standard InChI is InChI=1S/C21H20N6O2S/c1-3-26-18-17(19(28)24-20(26)29)27(11-14-7-5-4-6-8-14)16(23-18)9-15-12-25-10-13(2)30-21(25)22-15/h4-8,10,12H,3,9,11H2,1-2H3,(H,24,28,29). The van der Waals surface area contributed by atoms with Crippen LogP contribution in [0.15, 0.2) is 52.3 Å². The molecule has 0 saturated heterocycles. The molecule has 0 radical (unpaired) electrons. The van der Waals surface area contributed by atoms with Crippen molar-refractivity contribution < 1.29 is 0 Å². The Kier molecular flexibility index (Phi) is 4.39. The van der Waals surface area contributed by atoms with Gasteiger partial charge in [0.15, 0.2) is 16.1 Å². The first-order valence-electron chi connectivity index (χ1n) is 9.73. The molecule has 5 aromatic rings. The topological polar surface area (TPSA) is 90.0 Å². The molecule has 1 N–H and O–H groups in total. The van der Waals surface area contributed by atoms with Gasteiger partial charge in [0, 0.05) is 36.8 Å². The molecule has 9 heteroatoms. The number of hydrogen-bond acceptors (Lipinski definition) is 5. The SMILES string of the molecule is CCn1c(=O)[nH]c(=O)c2c1nc(Cc1cn3cc(C)sc3n1)n2Cc1ccccc1. The number of hydrogen-bond donors (Lipinski definition) is 1. The zero-order valence-corrected chi connectivity index (χ0v) is 17.4. The molecule has 0 aliphatic rings. The number of H-pyrrole nitrogens is 1. The predicted octanol–water partition coefficient (Wildman–Crippen LogP) is 2.56. The molecule has 0 saturated carbocycles. The monoisotopic (exact) mass is 420 g/mol. The molecule has 0 atom stereocenters. The number of nitrogens with one attached hydrogen (secondary N) is 1. The van der Waals surface area contributed by atoms with Crippen LogP contribution in [-0.4, -0.2) is 28.5 Å². The van der Waals surface area contributed by atoms with E-state index in [0.29, 0.717) is 36.5 Å². The number of benzene rings is 1. The first-order chi connectivity index (χ1) is 14.5. The minimum Gasteiger partial charge on any atom is -0.317 e. The normalized spacial score (nSPS) is 11.7. The molecule has 0 aliphatic carbocycles. The number of thiazole rings is 1. The lowest BCUT2D eigenvalue weighted by molar-refractivity contribution is 0.717. The molecule has 152 valence electrons. The highest BCUT2D eigenvalue weighted by atomic mass is 32.1. The summed E-state index contributed by atoms with van der Waals surface area (Å²) in [6, 6.07) is 9.90. The Morgan fingerprint density at radius 3 is 2.60 bits per heavy atom. The van der Waals surface area contributed by atoms with Gasteiger partial charge in [0.1, 0.15) is 5.82 Å². The molecule has 4 heterocycles. The second-order valence-electron chi connectivity index (χ2n) is 7.22. The number of aromatic nitrogens is 6. The van der Waals surface area contributed by atoms with E-state index in [0.717, 1.165) is 16.2 Å². The zero-order valence-electron chi connectivity index (χ0n) is 16.6. The summed E-state index contributed by atoms with van der Waals surface area (Å²) in [5.74, 6) is 0.703. The lowest BCUT2D eigenvalue weighted by Crippen LogP contribution is -2.30. The van der Waals surface area contributed by atoms with Gasteiger partial charge in [-0.1, -0.05) is 30.3 Å². The van der Waals surface area contributed by atoms with Gasteiger partial charge in [-0.15, -0.1) is 11.3 Å². The van der Waals surface area contributed by atoms with Gasteiger partial charge < -0.3 is 4.57 Å². The van der Waals surface area contributed by atoms with E-state index >= 15 is 0 Å². The van der Waals surface area contributed by atoms with Crippen molar-refractivity contribution in [3.63, 3.8) is 0 Å². The Bertz CT molecular complexity index is 1450. The van der Waals surface area contributed by atoms with Crippen LogP contribution in [0, 0.1) is 6.92 Å². The van der Waals surface area contributed by atoms with Crippen LogP contribution < -0.4 is 11.2 Å². The maximum Gasteiger partial charge on any atom is 0.330 e. The van der Waals surface area contributed by atoms with E-state index in [2.05, 4.69) is 11.9 Å². The van der Waals surface area contributed by atoms with Crippen molar-refractivity contribution in [1.29, 1.82) is 0 Å². The zero-order chi connectivity index (χ0) is 20.8. The van der Waals surface area contributed by atoms with E-state index < -0.39 is 11.2 Å². The van der Waals surface area contributed by atoms with Crippen LogP contribution in [-0.2, 0) is 19.5 Å². The third-order valence-electron chi connectivity index (χ3n) is 5.12. The van der Waals surface area contributed by atoms with Crippen molar-refractivity contribution in [2.24, 2.45) is 0 Å². The van der Waals surface area contributed by atoms with Crippen molar-refractivity contribution in [3.8, 4) is 0 Å². The average molecular weight is 420 g/mol. The molecule has 5 rings (SSSR count). The van der Waals surface area contributed by atoms with Crippen LogP contribution in [0.5, 0.6) is 0 Å². The summed E-state index contributed by atoms with van der Waals surface area (Å²) < 4.78 is 5.40. The Balaban J connectivity index is 1.69. The van der Waals surface area contributed by atoms with Gasteiger partial charge in [-0.25, -0.2) is 14.8 Å². The molecular weight excluding hydrogens is 400 g/mol. The fourth-order valence-electron chi connectivity index (χ4n) is 3.79. The third kappa shape index (κ3) is 3.07. The maximum atomic E-state index is 12.7. The Hall–Kier alpha value is -3.46. The Labute approximate surface area is 175 Å². The van der Waals surface area contributed by atoms with Gasteiger partial charge >= 0.3 is 5.69 Å². The van der Waals surface area contributed by atoms with E-state index in [1.807, 2.05) is 58.6 Å². The van der Waals surface area contributed by atoms with E-state index in [9.17, 15) is 9.59 Å². The molecule has 0 aliphatic heterocycles. The van der Waals surface area contributed by atoms with Crippen LogP contribution in [0.25, 0.3) is 16.1 Å². The molecule has 30 heavy (non-hydrogen) atoms. The van der Waals surface area contributed by atoms with Crippen molar-refractivity contribution in [2.45, 2.75) is 33.4 Å². The summed E-state index contributed by atoms with van der Waals surface area (Å²) >= 11 is 1.63. The summed E-state index contributed by atoms with van der Waals surface area (Å²) in [5, 5.41) is 0. The highest BCUT2D eigenvalue weighted by Gasteiger charge is 2.19. The fraction of sp³-hybridized carbons (Fsp3) is 0.238. The third-order valence-corrected chi connectivity index (χ3v) is 6.04. The summed E-state index contributed by atoms with van der Waals surface area (Å²) in [5.41, 5.74) is 1.88. The molecule has 0 fully saturated rings. The van der Waals surface area contributed by atoms with Crippen molar-refractivity contribution in [2.75, 3.05) is 0 Å². The average Bonchev–Trinajstić information content (AvgIpc) is 3.35. The van der Waals surface area contributed by atoms with Crippen molar-refractivity contribution >= 4 is 27.5 Å². The van der Waals surface area contributed by atoms with Crippen LogP contribution in [0.2, 0.25) is 0 Å². The maximum absolute atomic E-state index is 12.7. The molecule has 0 bridgehead atoms. The van der Waals surface area contributed by atoms with Crippen molar-refractivity contribution in [3.05, 3.63) is 85.5 Å². The Morgan fingerprint density at radius 1 is 1.07 bits per heavy atom. The number of imidazole rings is 2. The van der Waals surface area contributed by atoms with E-state index in [4.69, 9.17) is 9.97 Å². The number of fused-ring (bicyclic) bond motifs is 2. The smallest absolute Gasteiger partial charge is 0.317 e. The molecule has 0 spiro atoms. The van der Waals surface area contributed by atoms with Crippen LogP contribution in [0.4, 0.5) is 0 Å². The highest BCUT2D eigenvalue weighted by molar-refractivity contribution is 7.16. The molecule has 0 amide bonds. The van der Waals surface area contributed by atoms with E-state index in [-0.39, 0.29) is 0 Å². The van der Waals surface area contributed by atoms with Crippen LogP contribution in [0.1, 0.15) is 28.9 Å². The second kappa shape index (κ2) is 7.10. The molecule has 4 aromatic heterocycles. The van der Waals surface area contributed by atoms with E-state index in [1.165, 1.54) is 9.44 Å². The first kappa shape index (κ1) is 18.6. The predicted molar refractivity (Wildman–Crippen MR) is 116 cm³/mol. The van der Waals surface area contributed by atoms with Crippen LogP contribution >= 0.6 is 11.3 Å². The van der Waals surface area contributed by atoms with Gasteiger partial charge in [-0.05, 0) is 19.4 Å². The van der Waals surface area contributed by atoms with Gasteiger partial charge in [-0.3, -0.25) is 18.7 Å². The highest BCUT2D eigenvalue weighted by Crippen LogP contribution is 2.20. The van der Waals surface area contributed by atoms with Gasteiger partial charge in [0.25, 0.3) is 5.56 Å². The summed E-state index contributed by atoms with van der Waals surface area (Å²) in [7, 11) is 0. The van der Waals surface area contributed by atoms with Gasteiger partial charge in [0.05, 0.1) is 5.69 Å². The van der Waals surface area contributed by atoms with E-state index in [1.54, 1.807) is 11.3 Å². The first-order valence-corrected chi connectivity index (χ1v) is 10.6. The minimum atomic E-state index is -0.441. The van der Waals surface area contributed by atoms with Gasteiger partial charge in [0.2, 0.25) is 0 Å². The number of aryl methyl sites for hydroxylation is 2. The number of nitrogens with zero attached hydrogens (tertiary/aromatic N) is 5. The summed E-state index contributed by atoms with van der Waals surface area (Å²) in [6.07, 6.45) is 4.50. The quantitative estimate of drug-likeness (QED) is 0.473. The number of aromatic amines is 1. The van der Waals surface area contributed by atoms with Crippen molar-refractivity contribution in [1.82, 2.24) is 28.5 Å². The fourth-order valence-corrected chi connectivity index (χ4v) is 4.62. The molecule has 1 aromatic carbocycles. The minimum absolute atomic E-state index is 0.409. The summed E-state index contributed by atoms with van der Waals surface area (Å²) in [6.45, 7) is 4.82.